The molecule has 2 atom stereocenters. The maximum Gasteiger partial charge on any atom is 0.243 e. The number of rotatable bonds is 5. The fourth-order valence-corrected chi connectivity index (χ4v) is 2.48. The molecule has 6 heteroatoms. The van der Waals surface area contributed by atoms with Crippen LogP contribution in [-0.2, 0) is 4.74 Å². The molecular formula is C11H19N3O2S. The zero-order chi connectivity index (χ0) is 12.1. The maximum atomic E-state index is 5.61. The first-order chi connectivity index (χ1) is 8.31. The minimum Gasteiger partial charge on any atom is -0.368 e. The van der Waals surface area contributed by atoms with Crippen molar-refractivity contribution in [1.29, 1.82) is 0 Å². The average Bonchev–Trinajstić information content (AvgIpc) is 2.86. The second kappa shape index (κ2) is 6.37. The highest BCUT2D eigenvalue weighted by Gasteiger charge is 2.23. The molecule has 96 valence electrons. The molecule has 2 rings (SSSR count). The van der Waals surface area contributed by atoms with Crippen molar-refractivity contribution in [2.75, 3.05) is 24.7 Å². The molecule has 0 radical (unpaired) electrons. The molecule has 1 aliphatic rings. The molecule has 1 aliphatic heterocycles. The van der Waals surface area contributed by atoms with Crippen LogP contribution in [0.15, 0.2) is 4.52 Å². The van der Waals surface area contributed by atoms with Gasteiger partial charge in [0.05, 0.1) is 12.6 Å². The van der Waals surface area contributed by atoms with Gasteiger partial charge in [-0.05, 0) is 19.9 Å². The summed E-state index contributed by atoms with van der Waals surface area (Å²) in [7, 11) is 0. The summed E-state index contributed by atoms with van der Waals surface area (Å²) in [6, 6.07) is 0.104. The molecule has 1 N–H and O–H groups in total. The number of aromatic nitrogens is 2. The molecule has 17 heavy (non-hydrogen) atoms. The van der Waals surface area contributed by atoms with Gasteiger partial charge in [-0.25, -0.2) is 0 Å². The van der Waals surface area contributed by atoms with Crippen molar-refractivity contribution in [1.82, 2.24) is 15.5 Å². The Morgan fingerprint density at radius 2 is 2.47 bits per heavy atom. The summed E-state index contributed by atoms with van der Waals surface area (Å²) in [5.74, 6) is 3.29. The van der Waals surface area contributed by atoms with Crippen LogP contribution in [-0.4, -0.2) is 34.8 Å². The van der Waals surface area contributed by atoms with Crippen LogP contribution in [0.3, 0.4) is 0 Å². The Bertz CT molecular complexity index is 339. The zero-order valence-electron chi connectivity index (χ0n) is 10.3. The predicted octanol–water partition coefficient (Wildman–Crippen LogP) is 1.93. The fraction of sp³-hybridized carbons (Fsp3) is 0.818. The lowest BCUT2D eigenvalue weighted by Crippen LogP contribution is -2.20. The van der Waals surface area contributed by atoms with E-state index >= 15 is 0 Å². The van der Waals surface area contributed by atoms with Crippen molar-refractivity contribution in [2.24, 2.45) is 0 Å². The van der Waals surface area contributed by atoms with Crippen molar-refractivity contribution < 1.29 is 9.26 Å². The van der Waals surface area contributed by atoms with Gasteiger partial charge in [0, 0.05) is 11.5 Å². The topological polar surface area (TPSA) is 60.2 Å². The zero-order valence-corrected chi connectivity index (χ0v) is 11.1. The van der Waals surface area contributed by atoms with E-state index in [2.05, 4.69) is 22.4 Å². The SMILES string of the molecule is CCCNC(C)c1nc(C2CSCCO2)no1. The van der Waals surface area contributed by atoms with Gasteiger partial charge in [0.2, 0.25) is 11.7 Å². The van der Waals surface area contributed by atoms with E-state index in [1.807, 2.05) is 18.7 Å². The Hall–Kier alpha value is -0.590. The van der Waals surface area contributed by atoms with E-state index in [4.69, 9.17) is 9.26 Å². The van der Waals surface area contributed by atoms with Gasteiger partial charge >= 0.3 is 0 Å². The summed E-state index contributed by atoms with van der Waals surface area (Å²) in [6.45, 7) is 5.88. The van der Waals surface area contributed by atoms with Crippen LogP contribution < -0.4 is 5.32 Å². The molecule has 0 amide bonds. The number of hydrogen-bond donors (Lipinski definition) is 1. The smallest absolute Gasteiger partial charge is 0.243 e. The molecule has 1 fully saturated rings. The van der Waals surface area contributed by atoms with E-state index in [1.54, 1.807) is 0 Å². The van der Waals surface area contributed by atoms with E-state index < -0.39 is 0 Å². The van der Waals surface area contributed by atoms with Crippen LogP contribution in [0.5, 0.6) is 0 Å². The molecule has 0 aromatic carbocycles. The predicted molar refractivity (Wildman–Crippen MR) is 67.0 cm³/mol. The number of nitrogens with zero attached hydrogens (tertiary/aromatic N) is 2. The van der Waals surface area contributed by atoms with Gasteiger partial charge in [0.25, 0.3) is 0 Å². The summed E-state index contributed by atoms with van der Waals surface area (Å²) in [5.41, 5.74) is 0. The Balaban J connectivity index is 1.94. The molecule has 0 spiro atoms. The summed E-state index contributed by atoms with van der Waals surface area (Å²) in [5, 5.41) is 7.33. The lowest BCUT2D eigenvalue weighted by molar-refractivity contribution is 0.0677. The standard InChI is InChI=1S/C11H19N3O2S/c1-3-4-12-8(2)11-13-10(14-16-11)9-7-17-6-5-15-9/h8-9,12H,3-7H2,1-2H3. The molecule has 1 aromatic heterocycles. The van der Waals surface area contributed by atoms with Crippen molar-refractivity contribution in [3.8, 4) is 0 Å². The van der Waals surface area contributed by atoms with Gasteiger partial charge in [0.1, 0.15) is 6.10 Å². The van der Waals surface area contributed by atoms with Crippen molar-refractivity contribution >= 4 is 11.8 Å². The number of hydrogen-bond acceptors (Lipinski definition) is 6. The molecule has 0 bridgehead atoms. The van der Waals surface area contributed by atoms with Gasteiger partial charge in [-0.15, -0.1) is 0 Å². The molecule has 0 saturated carbocycles. The van der Waals surface area contributed by atoms with E-state index in [1.165, 1.54) is 0 Å². The molecule has 2 unspecified atom stereocenters. The van der Waals surface area contributed by atoms with Crippen molar-refractivity contribution in [3.05, 3.63) is 11.7 Å². The Labute approximate surface area is 106 Å². The molecular weight excluding hydrogens is 238 g/mol. The maximum absolute atomic E-state index is 5.61. The Morgan fingerprint density at radius 3 is 3.18 bits per heavy atom. The first-order valence-electron chi connectivity index (χ1n) is 6.07. The molecule has 1 saturated heterocycles. The van der Waals surface area contributed by atoms with Crippen LogP contribution in [0.1, 0.15) is 44.1 Å². The van der Waals surface area contributed by atoms with E-state index in [-0.39, 0.29) is 12.1 Å². The monoisotopic (exact) mass is 257 g/mol. The van der Waals surface area contributed by atoms with Gasteiger partial charge in [-0.2, -0.15) is 16.7 Å². The second-order valence-corrected chi connectivity index (χ2v) is 5.25. The molecule has 1 aromatic rings. The lowest BCUT2D eigenvalue weighted by Gasteiger charge is -2.18. The quantitative estimate of drug-likeness (QED) is 0.870. The summed E-state index contributed by atoms with van der Waals surface area (Å²) < 4.78 is 10.9. The normalized spacial score (nSPS) is 22.6. The number of nitrogens with one attached hydrogen (secondary N) is 1. The average molecular weight is 257 g/mol. The van der Waals surface area contributed by atoms with Crippen molar-refractivity contribution in [3.63, 3.8) is 0 Å². The van der Waals surface area contributed by atoms with Gasteiger partial charge in [-0.1, -0.05) is 12.1 Å². The highest BCUT2D eigenvalue weighted by atomic mass is 32.2. The number of ether oxygens (including phenoxy) is 1. The van der Waals surface area contributed by atoms with Crippen LogP contribution in [0.25, 0.3) is 0 Å². The molecule has 5 nitrogen and oxygen atoms in total. The Kier molecular flexibility index (Phi) is 4.82. The first kappa shape index (κ1) is 12.9. The third kappa shape index (κ3) is 3.43. The minimum atomic E-state index is -0.00961. The fourth-order valence-electron chi connectivity index (χ4n) is 1.64. The summed E-state index contributed by atoms with van der Waals surface area (Å²) >= 11 is 1.87. The minimum absolute atomic E-state index is 0.00961. The second-order valence-electron chi connectivity index (χ2n) is 4.10. The van der Waals surface area contributed by atoms with Crippen LogP contribution in [0.4, 0.5) is 0 Å². The number of thioether (sulfide) groups is 1. The third-order valence-corrected chi connectivity index (χ3v) is 3.63. The highest BCUT2D eigenvalue weighted by Crippen LogP contribution is 2.25. The largest absolute Gasteiger partial charge is 0.368 e. The lowest BCUT2D eigenvalue weighted by atomic mass is 10.3. The third-order valence-electron chi connectivity index (χ3n) is 2.63. The molecule has 2 heterocycles. The van der Waals surface area contributed by atoms with E-state index in [0.717, 1.165) is 31.1 Å². The Morgan fingerprint density at radius 1 is 1.59 bits per heavy atom. The van der Waals surface area contributed by atoms with Crippen LogP contribution in [0, 0.1) is 0 Å². The summed E-state index contributed by atoms with van der Waals surface area (Å²) in [4.78, 5) is 4.41. The highest BCUT2D eigenvalue weighted by molar-refractivity contribution is 7.99. The van der Waals surface area contributed by atoms with Gasteiger partial charge in [-0.3, -0.25) is 0 Å². The van der Waals surface area contributed by atoms with E-state index in [0.29, 0.717) is 11.7 Å². The van der Waals surface area contributed by atoms with E-state index in [9.17, 15) is 0 Å². The van der Waals surface area contributed by atoms with Gasteiger partial charge in [0.15, 0.2) is 0 Å². The van der Waals surface area contributed by atoms with Crippen LogP contribution >= 0.6 is 11.8 Å². The molecule has 0 aliphatic carbocycles. The van der Waals surface area contributed by atoms with Crippen LogP contribution in [0.2, 0.25) is 0 Å². The van der Waals surface area contributed by atoms with Gasteiger partial charge < -0.3 is 14.6 Å². The van der Waals surface area contributed by atoms with Crippen molar-refractivity contribution in [2.45, 2.75) is 32.4 Å². The summed E-state index contributed by atoms with van der Waals surface area (Å²) in [6.07, 6.45) is 1.08. The first-order valence-corrected chi connectivity index (χ1v) is 7.23.